The highest BCUT2D eigenvalue weighted by Gasteiger charge is 2.20. The molecule has 0 bridgehead atoms. The van der Waals surface area contributed by atoms with Crippen molar-refractivity contribution in [2.24, 2.45) is 0 Å². The maximum Gasteiger partial charge on any atom is 0.339 e. The summed E-state index contributed by atoms with van der Waals surface area (Å²) in [4.78, 5) is 25.1. The number of hydrogen-bond donors (Lipinski definition) is 1. The lowest BCUT2D eigenvalue weighted by Crippen LogP contribution is -2.16. The van der Waals surface area contributed by atoms with E-state index in [0.717, 1.165) is 17.0 Å². The minimum absolute atomic E-state index is 0.168. The molecule has 1 amide bonds. The predicted molar refractivity (Wildman–Crippen MR) is 123 cm³/mol. The van der Waals surface area contributed by atoms with Gasteiger partial charge in [-0.25, -0.2) is 4.79 Å². The second kappa shape index (κ2) is 10.5. The van der Waals surface area contributed by atoms with E-state index in [9.17, 15) is 9.59 Å². The first-order valence-corrected chi connectivity index (χ1v) is 10.4. The molecule has 0 radical (unpaired) electrons. The second-order valence-electron chi connectivity index (χ2n) is 7.13. The molecule has 1 heterocycles. The van der Waals surface area contributed by atoms with Crippen molar-refractivity contribution < 1.29 is 23.8 Å². The molecule has 32 heavy (non-hydrogen) atoms. The topological polar surface area (TPSA) is 78.8 Å². The minimum Gasteiger partial charge on any atom is -0.497 e. The lowest BCUT2D eigenvalue weighted by molar-refractivity contribution is -0.116. The molecule has 0 unspecified atom stereocenters. The van der Waals surface area contributed by atoms with Gasteiger partial charge in [-0.15, -0.1) is 0 Å². The van der Waals surface area contributed by atoms with Crippen LogP contribution in [0.5, 0.6) is 11.5 Å². The molecule has 1 N–H and O–H groups in total. The molecule has 3 aromatic rings. The smallest absolute Gasteiger partial charge is 0.339 e. The highest BCUT2D eigenvalue weighted by molar-refractivity contribution is 5.94. The van der Waals surface area contributed by atoms with Gasteiger partial charge in [0.1, 0.15) is 11.5 Å². The third-order valence-corrected chi connectivity index (χ3v) is 5.18. The van der Waals surface area contributed by atoms with Crippen LogP contribution in [-0.4, -0.2) is 37.3 Å². The van der Waals surface area contributed by atoms with Crippen LogP contribution in [0.15, 0.2) is 54.6 Å². The number of hydrogen-bond acceptors (Lipinski definition) is 5. The van der Waals surface area contributed by atoms with Crippen molar-refractivity contribution in [3.63, 3.8) is 0 Å². The Kier molecular flexibility index (Phi) is 7.54. The number of esters is 1. The standard InChI is InChI=1S/C25H28N2O5/c1-5-32-25(29)20-16-22(18-9-7-6-8-10-18)27(17(20)2)14-13-24(28)26-21-12-11-19(30-3)15-23(21)31-4/h6-12,15-16H,5,13-14H2,1-4H3,(H,26,28). The fraction of sp³-hybridized carbons (Fsp3) is 0.280. The average molecular weight is 437 g/mol. The number of rotatable bonds is 9. The summed E-state index contributed by atoms with van der Waals surface area (Å²) in [6, 6.07) is 16.8. The molecule has 168 valence electrons. The van der Waals surface area contributed by atoms with Gasteiger partial charge in [0, 0.05) is 30.4 Å². The van der Waals surface area contributed by atoms with Gasteiger partial charge in [-0.1, -0.05) is 30.3 Å². The minimum atomic E-state index is -0.367. The van der Waals surface area contributed by atoms with Gasteiger partial charge in [-0.3, -0.25) is 4.79 Å². The van der Waals surface area contributed by atoms with Crippen LogP contribution in [0.4, 0.5) is 5.69 Å². The summed E-state index contributed by atoms with van der Waals surface area (Å²) in [7, 11) is 3.11. The van der Waals surface area contributed by atoms with Crippen LogP contribution < -0.4 is 14.8 Å². The molecule has 0 spiro atoms. The molecule has 0 saturated carbocycles. The summed E-state index contributed by atoms with van der Waals surface area (Å²) in [6.45, 7) is 4.35. The van der Waals surface area contributed by atoms with Gasteiger partial charge in [0.25, 0.3) is 0 Å². The summed E-state index contributed by atoms with van der Waals surface area (Å²) >= 11 is 0. The Morgan fingerprint density at radius 1 is 1.00 bits per heavy atom. The van der Waals surface area contributed by atoms with Crippen molar-refractivity contribution in [3.05, 3.63) is 65.9 Å². The van der Waals surface area contributed by atoms with Gasteiger partial charge in [-0.05, 0) is 37.6 Å². The molecule has 0 atom stereocenters. The van der Waals surface area contributed by atoms with E-state index in [1.54, 1.807) is 32.2 Å². The zero-order valence-corrected chi connectivity index (χ0v) is 18.8. The zero-order chi connectivity index (χ0) is 23.1. The van der Waals surface area contributed by atoms with E-state index >= 15 is 0 Å². The maximum absolute atomic E-state index is 12.7. The Hall–Kier alpha value is -3.74. The Morgan fingerprint density at radius 2 is 1.75 bits per heavy atom. The third kappa shape index (κ3) is 5.11. The SMILES string of the molecule is CCOC(=O)c1cc(-c2ccccc2)n(CCC(=O)Nc2ccc(OC)cc2OC)c1C. The molecular weight excluding hydrogens is 408 g/mol. The summed E-state index contributed by atoms with van der Waals surface area (Å²) < 4.78 is 17.7. The highest BCUT2D eigenvalue weighted by Crippen LogP contribution is 2.30. The lowest BCUT2D eigenvalue weighted by Gasteiger charge is -2.14. The largest absolute Gasteiger partial charge is 0.497 e. The number of nitrogens with one attached hydrogen (secondary N) is 1. The van der Waals surface area contributed by atoms with Crippen molar-refractivity contribution in [1.82, 2.24) is 4.57 Å². The van der Waals surface area contributed by atoms with Gasteiger partial charge < -0.3 is 24.1 Å². The number of carbonyl (C=O) groups is 2. The molecule has 1 aromatic heterocycles. The maximum atomic E-state index is 12.7. The van der Waals surface area contributed by atoms with Crippen LogP contribution in [0.1, 0.15) is 29.4 Å². The number of carbonyl (C=O) groups excluding carboxylic acids is 2. The molecule has 0 aliphatic carbocycles. The van der Waals surface area contributed by atoms with Crippen LogP contribution in [0, 0.1) is 6.92 Å². The zero-order valence-electron chi connectivity index (χ0n) is 18.8. The predicted octanol–water partition coefficient (Wildman–Crippen LogP) is 4.69. The van der Waals surface area contributed by atoms with Crippen molar-refractivity contribution in [3.8, 4) is 22.8 Å². The van der Waals surface area contributed by atoms with Crippen LogP contribution >= 0.6 is 0 Å². The van der Waals surface area contributed by atoms with E-state index in [1.807, 2.05) is 47.9 Å². The molecule has 2 aromatic carbocycles. The van der Waals surface area contributed by atoms with Crippen molar-refractivity contribution >= 4 is 17.6 Å². The Balaban J connectivity index is 1.82. The van der Waals surface area contributed by atoms with E-state index in [4.69, 9.17) is 14.2 Å². The number of nitrogens with zero attached hydrogens (tertiary/aromatic N) is 1. The van der Waals surface area contributed by atoms with Crippen LogP contribution in [0.2, 0.25) is 0 Å². The van der Waals surface area contributed by atoms with Gasteiger partial charge in [0.2, 0.25) is 5.91 Å². The fourth-order valence-corrected chi connectivity index (χ4v) is 3.52. The Labute approximate surface area is 187 Å². The Morgan fingerprint density at radius 3 is 2.41 bits per heavy atom. The first-order valence-electron chi connectivity index (χ1n) is 10.4. The van der Waals surface area contributed by atoms with E-state index in [1.165, 1.54) is 7.11 Å². The van der Waals surface area contributed by atoms with E-state index < -0.39 is 0 Å². The van der Waals surface area contributed by atoms with E-state index in [2.05, 4.69) is 5.32 Å². The summed E-state index contributed by atoms with van der Waals surface area (Å²) in [5.41, 5.74) is 3.66. The van der Waals surface area contributed by atoms with Crippen LogP contribution in [-0.2, 0) is 16.1 Å². The summed E-state index contributed by atoms with van der Waals surface area (Å²) in [6.07, 6.45) is 0.215. The number of ether oxygens (including phenoxy) is 3. The first-order chi connectivity index (χ1) is 15.5. The van der Waals surface area contributed by atoms with Gasteiger partial charge in [-0.2, -0.15) is 0 Å². The molecule has 0 aliphatic heterocycles. The molecule has 7 nitrogen and oxygen atoms in total. The lowest BCUT2D eigenvalue weighted by atomic mass is 10.1. The number of amides is 1. The molecule has 0 saturated heterocycles. The molecule has 7 heteroatoms. The number of anilines is 1. The van der Waals surface area contributed by atoms with Gasteiger partial charge in [0.15, 0.2) is 0 Å². The van der Waals surface area contributed by atoms with E-state index in [-0.39, 0.29) is 18.3 Å². The van der Waals surface area contributed by atoms with Gasteiger partial charge in [0.05, 0.1) is 32.1 Å². The molecule has 0 fully saturated rings. The third-order valence-electron chi connectivity index (χ3n) is 5.18. The molecule has 3 rings (SSSR count). The molecular formula is C25H28N2O5. The molecule has 0 aliphatic rings. The number of methoxy groups -OCH3 is 2. The van der Waals surface area contributed by atoms with Crippen LogP contribution in [0.25, 0.3) is 11.3 Å². The summed E-state index contributed by atoms with van der Waals surface area (Å²) in [5, 5.41) is 2.89. The second-order valence-corrected chi connectivity index (χ2v) is 7.13. The summed E-state index contributed by atoms with van der Waals surface area (Å²) in [5.74, 6) is 0.623. The average Bonchev–Trinajstić information content (AvgIpc) is 3.15. The van der Waals surface area contributed by atoms with Crippen molar-refractivity contribution in [2.45, 2.75) is 26.8 Å². The van der Waals surface area contributed by atoms with E-state index in [0.29, 0.717) is 35.9 Å². The Bertz CT molecular complexity index is 1090. The quantitative estimate of drug-likeness (QED) is 0.493. The number of aromatic nitrogens is 1. The fourth-order valence-electron chi connectivity index (χ4n) is 3.52. The normalized spacial score (nSPS) is 10.5. The van der Waals surface area contributed by atoms with Gasteiger partial charge >= 0.3 is 5.97 Å². The number of benzene rings is 2. The first kappa shape index (κ1) is 22.9. The highest BCUT2D eigenvalue weighted by atomic mass is 16.5. The monoisotopic (exact) mass is 436 g/mol. The van der Waals surface area contributed by atoms with Crippen LogP contribution in [0.3, 0.4) is 0 Å². The van der Waals surface area contributed by atoms with Crippen molar-refractivity contribution in [2.75, 3.05) is 26.1 Å². The van der Waals surface area contributed by atoms with Crippen molar-refractivity contribution in [1.29, 1.82) is 0 Å².